The van der Waals surface area contributed by atoms with E-state index in [1.165, 1.54) is 0 Å². The highest BCUT2D eigenvalue weighted by Gasteiger charge is 2.24. The van der Waals surface area contributed by atoms with E-state index < -0.39 is 0 Å². The second kappa shape index (κ2) is 5.02. The molecule has 0 atom stereocenters. The zero-order valence-corrected chi connectivity index (χ0v) is 12.7. The molecule has 0 saturated carbocycles. The summed E-state index contributed by atoms with van der Waals surface area (Å²) in [7, 11) is 1.87. The quantitative estimate of drug-likeness (QED) is 0.419. The van der Waals surface area contributed by atoms with Crippen molar-refractivity contribution in [1.29, 1.82) is 0 Å². The monoisotopic (exact) mass is 326 g/mol. The van der Waals surface area contributed by atoms with Crippen LogP contribution in [-0.4, -0.2) is 24.7 Å². The predicted octanol–water partition coefficient (Wildman–Crippen LogP) is 3.15. The molecule has 0 aromatic heterocycles. The molecule has 0 aliphatic heterocycles. The lowest BCUT2D eigenvalue weighted by Gasteiger charge is -2.25. The van der Waals surface area contributed by atoms with Gasteiger partial charge in [-0.25, -0.2) is 0 Å². The normalized spacial score (nSPS) is 11.2. The van der Waals surface area contributed by atoms with Gasteiger partial charge in [0.25, 0.3) is 0 Å². The summed E-state index contributed by atoms with van der Waals surface area (Å²) in [6, 6.07) is 11.5. The van der Waals surface area contributed by atoms with Crippen LogP contribution in [0, 0.1) is 0 Å². The van der Waals surface area contributed by atoms with Crippen molar-refractivity contribution in [3.8, 4) is 22.3 Å². The molecule has 0 heterocycles. The Balaban J connectivity index is 2.01. The molecule has 0 unspecified atom stereocenters. The molecule has 20 heavy (non-hydrogen) atoms. The van der Waals surface area contributed by atoms with E-state index in [1.54, 1.807) is 0 Å². The molecule has 2 aromatic rings. The number of carbonyl (C=O) groups excluding carboxylic acids is 2. The Morgan fingerprint density at radius 1 is 0.850 bits per heavy atom. The molecule has 0 saturated heterocycles. The summed E-state index contributed by atoms with van der Waals surface area (Å²) in [6.07, 6.45) is 0.518. The summed E-state index contributed by atoms with van der Waals surface area (Å²) in [6.45, 7) is 0. The molecule has 0 bridgehead atoms. The Labute approximate surface area is 126 Å². The fourth-order valence-corrected chi connectivity index (χ4v) is 2.89. The molecule has 0 radical (unpaired) electrons. The lowest BCUT2D eigenvalue weighted by molar-refractivity contribution is 0.101. The van der Waals surface area contributed by atoms with Crippen molar-refractivity contribution in [2.45, 2.75) is 6.32 Å². The van der Waals surface area contributed by atoms with E-state index in [9.17, 15) is 9.59 Å². The average Bonchev–Trinajstić information content (AvgIpc) is 2.50. The van der Waals surface area contributed by atoms with Gasteiger partial charge in [0.2, 0.25) is 0 Å². The maximum absolute atomic E-state index is 11.7. The molecule has 2 nitrogen and oxygen atoms in total. The summed E-state index contributed by atoms with van der Waals surface area (Å²) >= 11 is 3.19. The number of Topliss-reactive ketones (excluding diaryl/α,β-unsaturated/α-hetero) is 2. The van der Waals surface area contributed by atoms with E-state index in [0.717, 1.165) is 33.4 Å². The summed E-state index contributed by atoms with van der Waals surface area (Å²) in [4.78, 5) is 23.4. The Hall–Kier alpha value is -1.68. The van der Waals surface area contributed by atoms with Gasteiger partial charge in [-0.15, -0.1) is 0 Å². The number of hydrogen-bond donors (Lipinski definition) is 0. The first kappa shape index (κ1) is 13.3. The molecule has 1 aliphatic rings. The van der Waals surface area contributed by atoms with E-state index in [2.05, 4.69) is 15.9 Å². The molecule has 4 heteroatoms. The minimum Gasteiger partial charge on any atom is -0.295 e. The molecule has 1 aliphatic carbocycles. The van der Waals surface area contributed by atoms with Crippen LogP contribution in [-0.2, 0) is 0 Å². The van der Waals surface area contributed by atoms with Crippen LogP contribution in [0.25, 0.3) is 22.3 Å². The van der Waals surface area contributed by atoms with Gasteiger partial charge in [0.05, 0.1) is 5.33 Å². The molecule has 98 valence electrons. The number of halogens is 1. The zero-order chi connectivity index (χ0) is 14.3. The van der Waals surface area contributed by atoms with Crippen molar-refractivity contribution in [3.05, 3.63) is 47.5 Å². The number of fused-ring (bicyclic) bond motifs is 4. The SMILES string of the molecule is BCC(=O)c1ccc2c(c1)-c1ccc(C(=O)CBr)cc1-2. The van der Waals surface area contributed by atoms with E-state index in [1.807, 2.05) is 44.2 Å². The fourth-order valence-electron chi connectivity index (χ4n) is 2.57. The van der Waals surface area contributed by atoms with E-state index in [4.69, 9.17) is 0 Å². The fraction of sp³-hybridized carbons (Fsp3) is 0.125. The molecule has 0 N–H and O–H groups in total. The number of ketones is 2. The molecule has 3 rings (SSSR count). The molecular weight excluding hydrogens is 315 g/mol. The van der Waals surface area contributed by atoms with E-state index in [0.29, 0.717) is 11.7 Å². The first-order chi connectivity index (χ1) is 9.65. The Kier molecular flexibility index (Phi) is 3.34. The number of hydrogen-bond acceptors (Lipinski definition) is 2. The van der Waals surface area contributed by atoms with Gasteiger partial charge in [0, 0.05) is 11.1 Å². The van der Waals surface area contributed by atoms with Crippen LogP contribution in [0.5, 0.6) is 0 Å². The van der Waals surface area contributed by atoms with Gasteiger partial charge in [0.1, 0.15) is 7.85 Å². The molecule has 0 fully saturated rings. The van der Waals surface area contributed by atoms with Crippen molar-refractivity contribution >= 4 is 35.3 Å². The summed E-state index contributed by atoms with van der Waals surface area (Å²) in [5.74, 6) is 0.242. The van der Waals surface area contributed by atoms with Gasteiger partial charge in [0.15, 0.2) is 11.6 Å². The van der Waals surface area contributed by atoms with Gasteiger partial charge in [-0.05, 0) is 40.7 Å². The second-order valence-electron chi connectivity index (χ2n) is 4.85. The lowest BCUT2D eigenvalue weighted by atomic mass is 9.78. The van der Waals surface area contributed by atoms with Crippen molar-refractivity contribution < 1.29 is 9.59 Å². The Morgan fingerprint density at radius 2 is 1.35 bits per heavy atom. The maximum atomic E-state index is 11.7. The van der Waals surface area contributed by atoms with Gasteiger partial charge in [-0.2, -0.15) is 0 Å². The first-order valence-corrected chi connectivity index (χ1v) is 7.69. The van der Waals surface area contributed by atoms with Crippen LogP contribution in [0.4, 0.5) is 0 Å². The Bertz CT molecular complexity index is 659. The zero-order valence-electron chi connectivity index (χ0n) is 11.1. The minimum absolute atomic E-state index is 0.0824. The number of carbonyl (C=O) groups is 2. The predicted molar refractivity (Wildman–Crippen MR) is 86.7 cm³/mol. The van der Waals surface area contributed by atoms with E-state index in [-0.39, 0.29) is 11.6 Å². The third-order valence-corrected chi connectivity index (χ3v) is 4.22. The summed E-state index contributed by atoms with van der Waals surface area (Å²) in [5.41, 5.74) is 5.94. The van der Waals surface area contributed by atoms with Crippen molar-refractivity contribution in [2.75, 3.05) is 5.33 Å². The molecule has 2 aromatic carbocycles. The molecular formula is C16H12BBrO2. The smallest absolute Gasteiger partial charge is 0.173 e. The van der Waals surface area contributed by atoms with Crippen LogP contribution in [0.3, 0.4) is 0 Å². The van der Waals surface area contributed by atoms with Gasteiger partial charge < -0.3 is 0 Å². The van der Waals surface area contributed by atoms with Crippen LogP contribution >= 0.6 is 15.9 Å². The third-order valence-electron chi connectivity index (χ3n) is 3.71. The topological polar surface area (TPSA) is 34.1 Å². The highest BCUT2D eigenvalue weighted by Crippen LogP contribution is 2.47. The maximum Gasteiger partial charge on any atom is 0.173 e. The highest BCUT2D eigenvalue weighted by molar-refractivity contribution is 9.09. The first-order valence-electron chi connectivity index (χ1n) is 6.57. The second-order valence-corrected chi connectivity index (χ2v) is 5.41. The summed E-state index contributed by atoms with van der Waals surface area (Å²) < 4.78 is 0. The largest absolute Gasteiger partial charge is 0.295 e. The van der Waals surface area contributed by atoms with Crippen LogP contribution < -0.4 is 0 Å². The highest BCUT2D eigenvalue weighted by atomic mass is 79.9. The third kappa shape index (κ3) is 1.95. The number of benzene rings is 2. The molecule has 0 spiro atoms. The van der Waals surface area contributed by atoms with Crippen LogP contribution in [0.1, 0.15) is 20.7 Å². The van der Waals surface area contributed by atoms with Gasteiger partial charge in [-0.1, -0.05) is 40.2 Å². The molecule has 0 amide bonds. The van der Waals surface area contributed by atoms with E-state index >= 15 is 0 Å². The van der Waals surface area contributed by atoms with Crippen molar-refractivity contribution in [3.63, 3.8) is 0 Å². The van der Waals surface area contributed by atoms with Crippen molar-refractivity contribution in [2.24, 2.45) is 0 Å². The van der Waals surface area contributed by atoms with Crippen LogP contribution in [0.15, 0.2) is 36.4 Å². The van der Waals surface area contributed by atoms with Crippen LogP contribution in [0.2, 0.25) is 6.32 Å². The van der Waals surface area contributed by atoms with Crippen molar-refractivity contribution in [1.82, 2.24) is 0 Å². The Morgan fingerprint density at radius 3 is 1.80 bits per heavy atom. The minimum atomic E-state index is 0.0824. The van der Waals surface area contributed by atoms with Gasteiger partial charge in [-0.3, -0.25) is 9.59 Å². The van der Waals surface area contributed by atoms with Gasteiger partial charge >= 0.3 is 0 Å². The number of alkyl halides is 1. The summed E-state index contributed by atoms with van der Waals surface area (Å²) in [5, 5.41) is 0.336. The lowest BCUT2D eigenvalue weighted by Crippen LogP contribution is -2.06. The average molecular weight is 327 g/mol. The number of rotatable bonds is 4. The standard InChI is InChI=1S/C16H12BBrO2/c17-7-15(19)9-1-3-11-13(5-9)12-4-2-10(6-14(11)12)16(20)8-18/h1-6H,7-8,17H2.